The molecule has 30 heavy (non-hydrogen) atoms. The average Bonchev–Trinajstić information content (AvgIpc) is 3.39. The molecule has 0 radical (unpaired) electrons. The van der Waals surface area contributed by atoms with Gasteiger partial charge in [-0.25, -0.2) is 17.4 Å². The van der Waals surface area contributed by atoms with Gasteiger partial charge in [0.15, 0.2) is 5.13 Å². The van der Waals surface area contributed by atoms with E-state index in [4.69, 9.17) is 0 Å². The summed E-state index contributed by atoms with van der Waals surface area (Å²) in [5, 5.41) is 3.37. The van der Waals surface area contributed by atoms with E-state index in [-0.39, 0.29) is 10.8 Å². The van der Waals surface area contributed by atoms with Crippen LogP contribution in [0.5, 0.6) is 0 Å². The minimum absolute atomic E-state index is 0.217. The highest BCUT2D eigenvalue weighted by molar-refractivity contribution is 7.90. The van der Waals surface area contributed by atoms with Gasteiger partial charge in [-0.15, -0.1) is 11.3 Å². The fourth-order valence-corrected chi connectivity index (χ4v) is 5.75. The van der Waals surface area contributed by atoms with E-state index in [9.17, 15) is 13.2 Å². The number of carbonyl (C=O) groups is 1. The van der Waals surface area contributed by atoms with Gasteiger partial charge in [0.05, 0.1) is 10.6 Å². The zero-order valence-corrected chi connectivity index (χ0v) is 17.4. The fourth-order valence-electron chi connectivity index (χ4n) is 3.53. The Kier molecular flexibility index (Phi) is 4.52. The zero-order valence-electron chi connectivity index (χ0n) is 15.8. The molecule has 6 nitrogen and oxygen atoms in total. The smallest absolute Gasteiger partial charge is 0.267 e. The normalized spacial score (nSPS) is 12.8. The van der Waals surface area contributed by atoms with Crippen LogP contribution in [0.3, 0.4) is 0 Å². The van der Waals surface area contributed by atoms with Gasteiger partial charge in [0, 0.05) is 28.4 Å². The lowest BCUT2D eigenvalue weighted by atomic mass is 9.98. The molecule has 1 amide bonds. The first-order valence-corrected chi connectivity index (χ1v) is 11.7. The molecule has 1 N–H and O–H groups in total. The first kappa shape index (κ1) is 18.8. The molecule has 150 valence electrons. The van der Waals surface area contributed by atoms with Crippen molar-refractivity contribution < 1.29 is 13.2 Å². The number of aromatic nitrogens is 2. The molecule has 0 aliphatic heterocycles. The van der Waals surface area contributed by atoms with Crippen molar-refractivity contribution in [2.45, 2.75) is 17.7 Å². The van der Waals surface area contributed by atoms with Gasteiger partial charge in [-0.3, -0.25) is 10.1 Å². The Morgan fingerprint density at radius 2 is 1.67 bits per heavy atom. The SMILES string of the molecule is O=C(Nc1nc2c(s1)CCc1cn(S(=O)(=O)c3ccccc3)cc1-2)c1ccccc1. The van der Waals surface area contributed by atoms with Crippen LogP contribution in [0, 0.1) is 0 Å². The van der Waals surface area contributed by atoms with Crippen molar-refractivity contribution in [1.29, 1.82) is 0 Å². The van der Waals surface area contributed by atoms with Gasteiger partial charge in [-0.1, -0.05) is 36.4 Å². The summed E-state index contributed by atoms with van der Waals surface area (Å²) >= 11 is 1.43. The van der Waals surface area contributed by atoms with Crippen molar-refractivity contribution in [1.82, 2.24) is 8.96 Å². The van der Waals surface area contributed by atoms with Gasteiger partial charge in [-0.2, -0.15) is 0 Å². The maximum absolute atomic E-state index is 13.0. The molecule has 0 atom stereocenters. The molecule has 5 rings (SSSR count). The summed E-state index contributed by atoms with van der Waals surface area (Å²) in [6, 6.07) is 17.3. The third-order valence-corrected chi connectivity index (χ3v) is 7.70. The topological polar surface area (TPSA) is 81.1 Å². The largest absolute Gasteiger partial charge is 0.298 e. The second-order valence-corrected chi connectivity index (χ2v) is 9.88. The number of fused-ring (bicyclic) bond motifs is 3. The molecule has 0 spiro atoms. The molecule has 2 heterocycles. The van der Waals surface area contributed by atoms with Crippen LogP contribution in [0.1, 0.15) is 20.8 Å². The first-order chi connectivity index (χ1) is 14.5. The number of carbonyl (C=O) groups excluding carboxylic acids is 1. The van der Waals surface area contributed by atoms with Crippen LogP contribution in [-0.4, -0.2) is 23.3 Å². The van der Waals surface area contributed by atoms with Crippen LogP contribution in [0.25, 0.3) is 11.3 Å². The Morgan fingerprint density at radius 3 is 2.40 bits per heavy atom. The Balaban J connectivity index is 1.47. The standard InChI is InChI=1S/C22H17N3O3S2/c26-21(15-7-3-1-4-8-15)24-22-23-20-18-14-25(13-16(18)11-12-19(20)29-22)30(27,28)17-9-5-2-6-10-17/h1-10,13-14H,11-12H2,(H,23,24,26). The summed E-state index contributed by atoms with van der Waals surface area (Å²) in [6.45, 7) is 0. The lowest BCUT2D eigenvalue weighted by Gasteiger charge is -2.08. The maximum atomic E-state index is 13.0. The number of nitrogens with zero attached hydrogens (tertiary/aromatic N) is 2. The Labute approximate surface area is 177 Å². The predicted octanol–water partition coefficient (Wildman–Crippen LogP) is 4.20. The van der Waals surface area contributed by atoms with Crippen molar-refractivity contribution >= 4 is 32.4 Å². The van der Waals surface area contributed by atoms with Crippen LogP contribution < -0.4 is 5.32 Å². The van der Waals surface area contributed by atoms with E-state index >= 15 is 0 Å². The van der Waals surface area contributed by atoms with Gasteiger partial charge in [0.25, 0.3) is 15.9 Å². The van der Waals surface area contributed by atoms with Crippen molar-refractivity contribution in [3.8, 4) is 11.3 Å². The van der Waals surface area contributed by atoms with Crippen molar-refractivity contribution in [3.05, 3.63) is 89.1 Å². The van der Waals surface area contributed by atoms with Crippen molar-refractivity contribution in [3.63, 3.8) is 0 Å². The number of thiazole rings is 1. The summed E-state index contributed by atoms with van der Waals surface area (Å²) in [5.41, 5.74) is 3.04. The first-order valence-electron chi connectivity index (χ1n) is 9.40. The summed E-state index contributed by atoms with van der Waals surface area (Å²) in [5.74, 6) is -0.217. The van der Waals surface area contributed by atoms with Gasteiger partial charge >= 0.3 is 0 Å². The molecule has 2 aromatic carbocycles. The molecule has 4 aromatic rings. The molecular weight excluding hydrogens is 418 g/mol. The molecule has 0 saturated carbocycles. The molecule has 0 bridgehead atoms. The minimum atomic E-state index is -3.66. The van der Waals surface area contributed by atoms with Crippen LogP contribution in [0.2, 0.25) is 0 Å². The number of hydrogen-bond acceptors (Lipinski definition) is 5. The van der Waals surface area contributed by atoms with E-state index in [1.807, 2.05) is 18.2 Å². The third-order valence-electron chi connectivity index (χ3n) is 5.03. The van der Waals surface area contributed by atoms with Gasteiger partial charge in [0.2, 0.25) is 0 Å². The van der Waals surface area contributed by atoms with Gasteiger partial charge < -0.3 is 0 Å². The van der Waals surface area contributed by atoms with Crippen molar-refractivity contribution in [2.75, 3.05) is 5.32 Å². The number of amides is 1. The van der Waals surface area contributed by atoms with E-state index < -0.39 is 10.0 Å². The highest BCUT2D eigenvalue weighted by Crippen LogP contribution is 2.39. The van der Waals surface area contributed by atoms with Gasteiger partial charge in [0.1, 0.15) is 0 Å². The minimum Gasteiger partial charge on any atom is -0.298 e. The molecule has 0 unspecified atom stereocenters. The number of hydrogen-bond donors (Lipinski definition) is 1. The molecule has 0 fully saturated rings. The third kappa shape index (κ3) is 3.24. The van der Waals surface area contributed by atoms with Crippen LogP contribution >= 0.6 is 11.3 Å². The van der Waals surface area contributed by atoms with Crippen LogP contribution in [0.4, 0.5) is 5.13 Å². The second-order valence-electron chi connectivity index (χ2n) is 6.96. The van der Waals surface area contributed by atoms with E-state index in [1.165, 1.54) is 15.3 Å². The maximum Gasteiger partial charge on any atom is 0.267 e. The predicted molar refractivity (Wildman–Crippen MR) is 116 cm³/mol. The zero-order chi connectivity index (χ0) is 20.7. The summed E-state index contributed by atoms with van der Waals surface area (Å²) < 4.78 is 27.2. The molecule has 2 aromatic heterocycles. The number of nitrogens with one attached hydrogen (secondary N) is 1. The van der Waals surface area contributed by atoms with Crippen LogP contribution in [-0.2, 0) is 22.9 Å². The number of benzene rings is 2. The summed E-state index contributed by atoms with van der Waals surface area (Å²) in [6.07, 6.45) is 4.78. The van der Waals surface area contributed by atoms with E-state index in [1.54, 1.807) is 54.9 Å². The van der Waals surface area contributed by atoms with E-state index in [2.05, 4.69) is 10.3 Å². The monoisotopic (exact) mass is 435 g/mol. The van der Waals surface area contributed by atoms with Crippen LogP contribution in [0.15, 0.2) is 78.0 Å². The fraction of sp³-hybridized carbons (Fsp3) is 0.0909. The summed E-state index contributed by atoms with van der Waals surface area (Å²) in [7, 11) is -3.66. The Hall–Kier alpha value is -3.23. The van der Waals surface area contributed by atoms with Crippen molar-refractivity contribution in [2.24, 2.45) is 0 Å². The number of aryl methyl sites for hydroxylation is 2. The highest BCUT2D eigenvalue weighted by Gasteiger charge is 2.26. The molecular formula is C22H17N3O3S2. The quantitative estimate of drug-likeness (QED) is 0.521. The highest BCUT2D eigenvalue weighted by atomic mass is 32.2. The Bertz CT molecular complexity index is 1340. The summed E-state index contributed by atoms with van der Waals surface area (Å²) in [4.78, 5) is 18.3. The molecule has 0 saturated heterocycles. The van der Waals surface area contributed by atoms with E-state index in [0.29, 0.717) is 10.7 Å². The average molecular weight is 436 g/mol. The second kappa shape index (κ2) is 7.23. The number of anilines is 1. The van der Waals surface area contributed by atoms with Gasteiger partial charge in [-0.05, 0) is 42.7 Å². The molecule has 1 aliphatic carbocycles. The van der Waals surface area contributed by atoms with E-state index in [0.717, 1.165) is 34.5 Å². The molecule has 1 aliphatic rings. The Morgan fingerprint density at radius 1 is 0.967 bits per heavy atom. The lowest BCUT2D eigenvalue weighted by molar-refractivity contribution is 0.102. The molecule has 8 heteroatoms. The lowest BCUT2D eigenvalue weighted by Crippen LogP contribution is -2.11. The number of rotatable bonds is 4.